The van der Waals surface area contributed by atoms with Gasteiger partial charge in [-0.25, -0.2) is 8.42 Å². The molecule has 30 heavy (non-hydrogen) atoms. The smallest absolute Gasteiger partial charge is 0.257 e. The average molecular weight is 463 g/mol. The van der Waals surface area contributed by atoms with Crippen molar-refractivity contribution >= 4 is 49.7 Å². The van der Waals surface area contributed by atoms with E-state index < -0.39 is 10.0 Å². The number of rotatable bonds is 4. The maximum atomic E-state index is 12.8. The summed E-state index contributed by atoms with van der Waals surface area (Å²) < 4.78 is 26.3. The second-order valence-electron chi connectivity index (χ2n) is 6.97. The predicted molar refractivity (Wildman–Crippen MR) is 120 cm³/mol. The molecule has 4 rings (SSSR count). The fraction of sp³-hybridized carbons (Fsp3) is 0.250. The van der Waals surface area contributed by atoms with Crippen LogP contribution in [0.1, 0.15) is 28.8 Å². The zero-order valence-corrected chi connectivity index (χ0v) is 18.5. The highest BCUT2D eigenvalue weighted by Gasteiger charge is 2.27. The van der Waals surface area contributed by atoms with Gasteiger partial charge in [0, 0.05) is 22.7 Å². The monoisotopic (exact) mass is 462 g/mol. The maximum absolute atomic E-state index is 12.8. The van der Waals surface area contributed by atoms with E-state index in [2.05, 4.69) is 15.5 Å². The molecule has 1 aromatic heterocycles. The molecule has 1 aliphatic rings. The first-order valence-electron chi connectivity index (χ1n) is 9.35. The molecule has 1 N–H and O–H groups in total. The molecule has 0 spiro atoms. The molecule has 0 unspecified atom stereocenters. The maximum Gasteiger partial charge on any atom is 0.257 e. The Morgan fingerprint density at radius 2 is 1.90 bits per heavy atom. The number of carbonyl (C=O) groups is 1. The molecule has 3 aromatic rings. The number of hydrogen-bond acceptors (Lipinski definition) is 6. The number of carbonyl (C=O) groups excluding carboxylic acids is 1. The van der Waals surface area contributed by atoms with Gasteiger partial charge in [-0.2, -0.15) is 0 Å². The van der Waals surface area contributed by atoms with Crippen molar-refractivity contribution < 1.29 is 13.2 Å². The Kier molecular flexibility index (Phi) is 5.77. The largest absolute Gasteiger partial charge is 0.296 e. The van der Waals surface area contributed by atoms with Gasteiger partial charge in [-0.15, -0.1) is 10.2 Å². The molecule has 0 saturated carbocycles. The Balaban J connectivity index is 1.55. The van der Waals surface area contributed by atoms with Crippen LogP contribution in [0.5, 0.6) is 0 Å². The lowest BCUT2D eigenvalue weighted by molar-refractivity contribution is 0.102. The Hall–Kier alpha value is -2.49. The van der Waals surface area contributed by atoms with Crippen LogP contribution in [0.3, 0.4) is 0 Å². The summed E-state index contributed by atoms with van der Waals surface area (Å²) in [5.41, 5.74) is 2.56. The topological polar surface area (TPSA) is 92.3 Å². The van der Waals surface area contributed by atoms with Crippen molar-refractivity contribution in [2.45, 2.75) is 19.8 Å². The molecule has 10 heteroatoms. The lowest BCUT2D eigenvalue weighted by atomic mass is 10.1. The van der Waals surface area contributed by atoms with Crippen LogP contribution in [0.25, 0.3) is 10.6 Å². The molecule has 2 heterocycles. The Labute approximate surface area is 183 Å². The summed E-state index contributed by atoms with van der Waals surface area (Å²) in [6, 6.07) is 12.2. The molecule has 0 radical (unpaired) electrons. The van der Waals surface area contributed by atoms with Crippen molar-refractivity contribution in [1.29, 1.82) is 0 Å². The highest BCUT2D eigenvalue weighted by Crippen LogP contribution is 2.30. The van der Waals surface area contributed by atoms with Crippen molar-refractivity contribution in [2.24, 2.45) is 0 Å². The third kappa shape index (κ3) is 4.33. The molecule has 1 amide bonds. The number of sulfonamides is 1. The second-order valence-corrected chi connectivity index (χ2v) is 10.4. The van der Waals surface area contributed by atoms with Gasteiger partial charge in [-0.1, -0.05) is 41.1 Å². The van der Waals surface area contributed by atoms with Crippen LogP contribution in [0, 0.1) is 6.92 Å². The molecule has 0 bridgehead atoms. The van der Waals surface area contributed by atoms with Crippen molar-refractivity contribution in [1.82, 2.24) is 10.2 Å². The van der Waals surface area contributed by atoms with E-state index in [9.17, 15) is 13.2 Å². The summed E-state index contributed by atoms with van der Waals surface area (Å²) in [7, 11) is -3.36. The van der Waals surface area contributed by atoms with E-state index in [-0.39, 0.29) is 11.7 Å². The van der Waals surface area contributed by atoms with Crippen molar-refractivity contribution in [3.63, 3.8) is 0 Å². The van der Waals surface area contributed by atoms with E-state index in [4.69, 9.17) is 11.6 Å². The number of amides is 1. The first kappa shape index (κ1) is 20.8. The second kappa shape index (κ2) is 8.33. The molecule has 0 aliphatic carbocycles. The zero-order chi connectivity index (χ0) is 21.3. The molecule has 7 nitrogen and oxygen atoms in total. The number of benzene rings is 2. The van der Waals surface area contributed by atoms with Crippen LogP contribution in [0.4, 0.5) is 10.8 Å². The van der Waals surface area contributed by atoms with Gasteiger partial charge in [-0.3, -0.25) is 14.4 Å². The van der Waals surface area contributed by atoms with Crippen LogP contribution >= 0.6 is 22.9 Å². The van der Waals surface area contributed by atoms with E-state index in [1.165, 1.54) is 15.6 Å². The van der Waals surface area contributed by atoms with Crippen molar-refractivity contribution in [2.75, 3.05) is 21.9 Å². The summed E-state index contributed by atoms with van der Waals surface area (Å²) in [4.78, 5) is 12.8. The van der Waals surface area contributed by atoms with Gasteiger partial charge in [0.05, 0.1) is 11.4 Å². The molecular formula is C20H19ClN4O3S2. The third-order valence-corrected chi connectivity index (χ3v) is 7.82. The van der Waals surface area contributed by atoms with Gasteiger partial charge in [0.25, 0.3) is 5.91 Å². The van der Waals surface area contributed by atoms with E-state index >= 15 is 0 Å². The van der Waals surface area contributed by atoms with E-state index in [0.717, 1.165) is 17.5 Å². The number of nitrogens with one attached hydrogen (secondary N) is 1. The first-order chi connectivity index (χ1) is 14.3. The summed E-state index contributed by atoms with van der Waals surface area (Å²) in [5, 5.41) is 12.5. The van der Waals surface area contributed by atoms with Crippen molar-refractivity contribution in [3.05, 3.63) is 58.6 Å². The number of aryl methyl sites for hydroxylation is 1. The zero-order valence-electron chi connectivity index (χ0n) is 16.1. The van der Waals surface area contributed by atoms with E-state index in [1.807, 2.05) is 19.1 Å². The normalized spacial score (nSPS) is 15.7. The van der Waals surface area contributed by atoms with Gasteiger partial charge in [-0.05, 0) is 49.6 Å². The summed E-state index contributed by atoms with van der Waals surface area (Å²) in [6.45, 7) is 2.26. The molecule has 156 valence electrons. The van der Waals surface area contributed by atoms with E-state index in [0.29, 0.717) is 39.4 Å². The fourth-order valence-electron chi connectivity index (χ4n) is 3.23. The van der Waals surface area contributed by atoms with Gasteiger partial charge < -0.3 is 0 Å². The molecule has 1 aliphatic heterocycles. The standard InChI is InChI=1S/C20H19ClN4O3S2/c1-13-4-5-15(12-17(13)25-10-2-3-11-30(25,27)28)18(26)22-20-24-23-19(29-20)14-6-8-16(21)9-7-14/h4-9,12H,2-3,10-11H2,1H3,(H,22,24,26). The summed E-state index contributed by atoms with van der Waals surface area (Å²) in [5.74, 6) is -0.245. The number of anilines is 2. The quantitative estimate of drug-likeness (QED) is 0.622. The molecular weight excluding hydrogens is 444 g/mol. The molecule has 1 saturated heterocycles. The molecule has 0 atom stereocenters. The van der Waals surface area contributed by atoms with Crippen molar-refractivity contribution in [3.8, 4) is 10.6 Å². The predicted octanol–water partition coefficient (Wildman–Crippen LogP) is 4.35. The number of hydrogen-bond donors (Lipinski definition) is 1. The Morgan fingerprint density at radius 3 is 2.63 bits per heavy atom. The number of aromatic nitrogens is 2. The molecule has 1 fully saturated rings. The SMILES string of the molecule is Cc1ccc(C(=O)Nc2nnc(-c3ccc(Cl)cc3)s2)cc1N1CCCCS1(=O)=O. The van der Waals surface area contributed by atoms with Gasteiger partial charge in [0.2, 0.25) is 15.2 Å². The van der Waals surface area contributed by atoms with Gasteiger partial charge in [0.1, 0.15) is 5.01 Å². The van der Waals surface area contributed by atoms with Crippen LogP contribution in [-0.2, 0) is 10.0 Å². The number of nitrogens with zero attached hydrogens (tertiary/aromatic N) is 3. The Bertz CT molecular complexity index is 1190. The minimum atomic E-state index is -3.36. The average Bonchev–Trinajstić information content (AvgIpc) is 3.17. The van der Waals surface area contributed by atoms with Crippen LogP contribution < -0.4 is 9.62 Å². The van der Waals surface area contributed by atoms with Crippen LogP contribution in [0.2, 0.25) is 5.02 Å². The highest BCUT2D eigenvalue weighted by atomic mass is 35.5. The van der Waals surface area contributed by atoms with E-state index in [1.54, 1.807) is 30.3 Å². The Morgan fingerprint density at radius 1 is 1.13 bits per heavy atom. The van der Waals surface area contributed by atoms with Gasteiger partial charge in [0.15, 0.2) is 0 Å². The summed E-state index contributed by atoms with van der Waals surface area (Å²) >= 11 is 7.15. The lowest BCUT2D eigenvalue weighted by Crippen LogP contribution is -2.38. The lowest BCUT2D eigenvalue weighted by Gasteiger charge is -2.29. The first-order valence-corrected chi connectivity index (χ1v) is 12.2. The fourth-order valence-corrected chi connectivity index (χ4v) is 5.79. The van der Waals surface area contributed by atoms with Crippen LogP contribution in [-0.4, -0.2) is 36.8 Å². The third-order valence-electron chi connectivity index (χ3n) is 4.83. The minimum absolute atomic E-state index is 0.126. The number of halogens is 1. The van der Waals surface area contributed by atoms with Gasteiger partial charge >= 0.3 is 0 Å². The highest BCUT2D eigenvalue weighted by molar-refractivity contribution is 7.92. The minimum Gasteiger partial charge on any atom is -0.296 e. The van der Waals surface area contributed by atoms with Crippen LogP contribution in [0.15, 0.2) is 42.5 Å². The molecule has 2 aromatic carbocycles. The summed E-state index contributed by atoms with van der Waals surface area (Å²) in [6.07, 6.45) is 1.46.